The minimum Gasteiger partial charge on any atom is -0.483 e. The number of benzene rings is 1. The van der Waals surface area contributed by atoms with Crippen LogP contribution in [0.1, 0.15) is 5.56 Å². The highest BCUT2D eigenvalue weighted by Crippen LogP contribution is 2.24. The summed E-state index contributed by atoms with van der Waals surface area (Å²) in [5.41, 5.74) is 2.04. The van der Waals surface area contributed by atoms with Crippen molar-refractivity contribution in [3.63, 3.8) is 0 Å². The van der Waals surface area contributed by atoms with Gasteiger partial charge in [-0.05, 0) is 30.7 Å². The number of hydrogen-bond donors (Lipinski definition) is 0. The summed E-state index contributed by atoms with van der Waals surface area (Å²) < 4.78 is 10.9. The molecule has 1 aromatic carbocycles. The van der Waals surface area contributed by atoms with E-state index < -0.39 is 0 Å². The van der Waals surface area contributed by atoms with Crippen molar-refractivity contribution in [2.24, 2.45) is 0 Å². The number of fused-ring (bicyclic) bond motifs is 1. The van der Waals surface area contributed by atoms with Gasteiger partial charge >= 0.3 is 0 Å². The number of aryl methyl sites for hydroxylation is 1. The van der Waals surface area contributed by atoms with E-state index in [-0.39, 0.29) is 12.5 Å². The summed E-state index contributed by atoms with van der Waals surface area (Å²) in [6.45, 7) is 6.97. The molecule has 0 unspecified atom stereocenters. The van der Waals surface area contributed by atoms with E-state index in [0.29, 0.717) is 5.75 Å². The molecule has 0 saturated carbocycles. The number of nitrogens with zero attached hydrogens (tertiary/aromatic N) is 3. The SMILES string of the molecule is COCCN1CCN(C(=O)COc2ccnc3cc(C)ccc23)CC1. The van der Waals surface area contributed by atoms with Crippen LogP contribution in [0, 0.1) is 6.92 Å². The summed E-state index contributed by atoms with van der Waals surface area (Å²) >= 11 is 0. The van der Waals surface area contributed by atoms with Crippen molar-refractivity contribution in [1.82, 2.24) is 14.8 Å². The number of methoxy groups -OCH3 is 1. The molecule has 1 aliphatic rings. The number of rotatable bonds is 6. The van der Waals surface area contributed by atoms with Gasteiger partial charge in [0, 0.05) is 51.4 Å². The lowest BCUT2D eigenvalue weighted by molar-refractivity contribution is -0.135. The van der Waals surface area contributed by atoms with Gasteiger partial charge in [0.15, 0.2) is 6.61 Å². The van der Waals surface area contributed by atoms with E-state index >= 15 is 0 Å². The van der Waals surface area contributed by atoms with Crippen molar-refractivity contribution < 1.29 is 14.3 Å². The summed E-state index contributed by atoms with van der Waals surface area (Å²) in [6.07, 6.45) is 1.72. The van der Waals surface area contributed by atoms with Gasteiger partial charge in [0.1, 0.15) is 5.75 Å². The Morgan fingerprint density at radius 2 is 2.00 bits per heavy atom. The zero-order chi connectivity index (χ0) is 17.6. The van der Waals surface area contributed by atoms with Crippen molar-refractivity contribution in [3.8, 4) is 5.75 Å². The highest BCUT2D eigenvalue weighted by Gasteiger charge is 2.21. The van der Waals surface area contributed by atoms with Gasteiger partial charge in [-0.1, -0.05) is 6.07 Å². The summed E-state index contributed by atoms with van der Waals surface area (Å²) in [5.74, 6) is 0.737. The highest BCUT2D eigenvalue weighted by molar-refractivity contribution is 5.86. The zero-order valence-corrected chi connectivity index (χ0v) is 14.9. The maximum absolute atomic E-state index is 12.4. The molecule has 134 valence electrons. The minimum absolute atomic E-state index is 0.0310. The van der Waals surface area contributed by atoms with Crippen molar-refractivity contribution in [2.45, 2.75) is 6.92 Å². The van der Waals surface area contributed by atoms with Gasteiger partial charge < -0.3 is 14.4 Å². The van der Waals surface area contributed by atoms with Gasteiger partial charge in [-0.15, -0.1) is 0 Å². The van der Waals surface area contributed by atoms with Crippen LogP contribution in [0.3, 0.4) is 0 Å². The molecule has 0 atom stereocenters. The fourth-order valence-corrected chi connectivity index (χ4v) is 3.03. The molecule has 25 heavy (non-hydrogen) atoms. The Morgan fingerprint density at radius 1 is 1.20 bits per heavy atom. The summed E-state index contributed by atoms with van der Waals surface area (Å²) in [6, 6.07) is 7.85. The van der Waals surface area contributed by atoms with Gasteiger partial charge in [-0.25, -0.2) is 0 Å². The molecule has 3 rings (SSSR count). The van der Waals surface area contributed by atoms with E-state index in [1.807, 2.05) is 36.1 Å². The van der Waals surface area contributed by atoms with E-state index in [1.54, 1.807) is 13.3 Å². The molecule has 1 fully saturated rings. The Balaban J connectivity index is 1.55. The number of hydrogen-bond acceptors (Lipinski definition) is 5. The fraction of sp³-hybridized carbons (Fsp3) is 0.474. The van der Waals surface area contributed by atoms with Crippen LogP contribution in [-0.2, 0) is 9.53 Å². The molecule has 1 amide bonds. The van der Waals surface area contributed by atoms with Crippen LogP contribution >= 0.6 is 0 Å². The van der Waals surface area contributed by atoms with Crippen LogP contribution in [-0.4, -0.2) is 73.7 Å². The molecular formula is C19H25N3O3. The minimum atomic E-state index is 0.0310. The van der Waals surface area contributed by atoms with Crippen LogP contribution < -0.4 is 4.74 Å². The first-order valence-corrected chi connectivity index (χ1v) is 8.64. The second-order valence-corrected chi connectivity index (χ2v) is 6.33. The van der Waals surface area contributed by atoms with Crippen molar-refractivity contribution in [2.75, 3.05) is 53.0 Å². The Hall–Kier alpha value is -2.18. The normalized spacial score (nSPS) is 15.5. The second kappa shape index (κ2) is 8.27. The van der Waals surface area contributed by atoms with E-state index in [0.717, 1.165) is 55.8 Å². The molecule has 2 aromatic rings. The first-order valence-electron chi connectivity index (χ1n) is 8.64. The Labute approximate surface area is 148 Å². The highest BCUT2D eigenvalue weighted by atomic mass is 16.5. The number of carbonyl (C=O) groups is 1. The third-order valence-electron chi connectivity index (χ3n) is 4.55. The molecule has 0 N–H and O–H groups in total. The average Bonchev–Trinajstić information content (AvgIpc) is 2.64. The molecule has 6 heteroatoms. The van der Waals surface area contributed by atoms with Crippen LogP contribution in [0.4, 0.5) is 0 Å². The zero-order valence-electron chi connectivity index (χ0n) is 14.9. The third kappa shape index (κ3) is 4.46. The van der Waals surface area contributed by atoms with Gasteiger partial charge in [0.2, 0.25) is 0 Å². The number of piperazine rings is 1. The van der Waals surface area contributed by atoms with Gasteiger partial charge in [-0.3, -0.25) is 14.7 Å². The molecule has 0 spiro atoms. The summed E-state index contributed by atoms with van der Waals surface area (Å²) in [7, 11) is 1.71. The second-order valence-electron chi connectivity index (χ2n) is 6.33. The van der Waals surface area contributed by atoms with Crippen molar-refractivity contribution in [1.29, 1.82) is 0 Å². The molecule has 0 aliphatic carbocycles. The summed E-state index contributed by atoms with van der Waals surface area (Å²) in [4.78, 5) is 21.0. The van der Waals surface area contributed by atoms with Crippen LogP contribution in [0.25, 0.3) is 10.9 Å². The molecule has 0 radical (unpaired) electrons. The lowest BCUT2D eigenvalue weighted by atomic mass is 10.1. The fourth-order valence-electron chi connectivity index (χ4n) is 3.03. The molecule has 0 bridgehead atoms. The quantitative estimate of drug-likeness (QED) is 0.799. The first-order chi connectivity index (χ1) is 12.2. The van der Waals surface area contributed by atoms with Gasteiger partial charge in [-0.2, -0.15) is 0 Å². The number of pyridine rings is 1. The molecule has 1 aliphatic heterocycles. The smallest absolute Gasteiger partial charge is 0.260 e. The molecular weight excluding hydrogens is 318 g/mol. The third-order valence-corrected chi connectivity index (χ3v) is 4.55. The molecule has 1 saturated heterocycles. The average molecular weight is 343 g/mol. The van der Waals surface area contributed by atoms with Crippen LogP contribution in [0.5, 0.6) is 5.75 Å². The molecule has 1 aromatic heterocycles. The number of amides is 1. The van der Waals surface area contributed by atoms with E-state index in [9.17, 15) is 4.79 Å². The topological polar surface area (TPSA) is 54.9 Å². The maximum atomic E-state index is 12.4. The van der Waals surface area contributed by atoms with Crippen molar-refractivity contribution >= 4 is 16.8 Å². The number of carbonyl (C=O) groups excluding carboxylic acids is 1. The largest absolute Gasteiger partial charge is 0.483 e. The van der Waals surface area contributed by atoms with Crippen molar-refractivity contribution in [3.05, 3.63) is 36.0 Å². The van der Waals surface area contributed by atoms with E-state index in [2.05, 4.69) is 9.88 Å². The first kappa shape index (κ1) is 17.6. The number of ether oxygens (including phenoxy) is 2. The van der Waals surface area contributed by atoms with Crippen LogP contribution in [0.2, 0.25) is 0 Å². The molecule has 2 heterocycles. The summed E-state index contributed by atoms with van der Waals surface area (Å²) in [5, 5.41) is 0.935. The monoisotopic (exact) mass is 343 g/mol. The number of aromatic nitrogens is 1. The Kier molecular flexibility index (Phi) is 5.83. The lowest BCUT2D eigenvalue weighted by Crippen LogP contribution is -2.50. The van der Waals surface area contributed by atoms with Crippen LogP contribution in [0.15, 0.2) is 30.5 Å². The van der Waals surface area contributed by atoms with Gasteiger partial charge in [0.25, 0.3) is 5.91 Å². The predicted octanol–water partition coefficient (Wildman–Crippen LogP) is 1.71. The molecule has 6 nitrogen and oxygen atoms in total. The van der Waals surface area contributed by atoms with Gasteiger partial charge in [0.05, 0.1) is 12.1 Å². The Bertz CT molecular complexity index is 727. The predicted molar refractivity (Wildman–Crippen MR) is 96.9 cm³/mol. The maximum Gasteiger partial charge on any atom is 0.260 e. The standard InChI is InChI=1S/C19H25N3O3/c1-15-3-4-16-17(13-15)20-6-5-18(16)25-14-19(23)22-9-7-21(8-10-22)11-12-24-2/h3-6,13H,7-12,14H2,1-2H3. The lowest BCUT2D eigenvalue weighted by Gasteiger charge is -2.34. The van der Waals surface area contributed by atoms with E-state index in [1.165, 1.54) is 0 Å². The van der Waals surface area contributed by atoms with E-state index in [4.69, 9.17) is 9.47 Å². The Morgan fingerprint density at radius 3 is 2.76 bits per heavy atom.